The molecule has 1 aliphatic rings. The normalized spacial score (nSPS) is 16.6. The molecule has 5 heteroatoms. The van der Waals surface area contributed by atoms with Crippen LogP contribution in [0.15, 0.2) is 58.3 Å². The molecule has 1 N–H and O–H groups in total. The molecule has 0 saturated carbocycles. The number of hydrogen-bond acceptors (Lipinski definition) is 2. The maximum atomic E-state index is 13.4. The van der Waals surface area contributed by atoms with E-state index in [2.05, 4.69) is 0 Å². The van der Waals surface area contributed by atoms with Gasteiger partial charge in [-0.1, -0.05) is 48.2 Å². The van der Waals surface area contributed by atoms with Gasteiger partial charge in [0.25, 0.3) is 0 Å². The summed E-state index contributed by atoms with van der Waals surface area (Å²) in [5.41, 5.74) is -3.15. The van der Waals surface area contributed by atoms with Crippen LogP contribution in [-0.2, 0) is 5.60 Å². The van der Waals surface area contributed by atoms with Gasteiger partial charge in [-0.25, -0.2) is 0 Å². The van der Waals surface area contributed by atoms with Crippen LogP contribution in [0.2, 0.25) is 0 Å². The molecular formula is C14H9F3OS. The number of halogens is 3. The largest absolute Gasteiger partial charge is 0.425 e. The summed E-state index contributed by atoms with van der Waals surface area (Å²) in [5.74, 6) is 0. The summed E-state index contributed by atoms with van der Waals surface area (Å²) in [6, 6.07) is 12.2. The van der Waals surface area contributed by atoms with Gasteiger partial charge >= 0.3 is 6.18 Å². The molecule has 0 saturated heterocycles. The van der Waals surface area contributed by atoms with E-state index in [-0.39, 0.29) is 11.1 Å². The molecule has 1 nitrogen and oxygen atoms in total. The van der Waals surface area contributed by atoms with E-state index in [4.69, 9.17) is 0 Å². The van der Waals surface area contributed by atoms with Crippen molar-refractivity contribution in [2.45, 2.75) is 21.6 Å². The SMILES string of the molecule is OC1(C(F)(F)F)c2ccccc2Sc2ccccc21. The molecule has 3 rings (SSSR count). The predicted octanol–water partition coefficient (Wildman–Crippen LogP) is 3.95. The second kappa shape index (κ2) is 4.02. The first kappa shape index (κ1) is 12.6. The van der Waals surface area contributed by atoms with Crippen LogP contribution in [0.25, 0.3) is 0 Å². The van der Waals surface area contributed by atoms with Crippen LogP contribution >= 0.6 is 11.8 Å². The van der Waals surface area contributed by atoms with Crippen molar-refractivity contribution in [1.82, 2.24) is 0 Å². The van der Waals surface area contributed by atoms with Crippen molar-refractivity contribution >= 4 is 11.8 Å². The zero-order chi connectivity index (χ0) is 13.7. The van der Waals surface area contributed by atoms with Crippen molar-refractivity contribution in [3.8, 4) is 0 Å². The van der Waals surface area contributed by atoms with Crippen molar-refractivity contribution in [3.63, 3.8) is 0 Å². The molecular weight excluding hydrogens is 273 g/mol. The first-order chi connectivity index (χ1) is 8.94. The number of benzene rings is 2. The Morgan fingerprint density at radius 3 is 1.68 bits per heavy atom. The molecule has 19 heavy (non-hydrogen) atoms. The molecule has 1 heterocycles. The Hall–Kier alpha value is -1.46. The minimum atomic E-state index is -4.76. The van der Waals surface area contributed by atoms with Crippen molar-refractivity contribution in [2.75, 3.05) is 0 Å². The van der Waals surface area contributed by atoms with Gasteiger partial charge < -0.3 is 5.11 Å². The Labute approximate surface area is 112 Å². The third kappa shape index (κ3) is 1.69. The van der Waals surface area contributed by atoms with Crippen LogP contribution in [0.5, 0.6) is 0 Å². The van der Waals surface area contributed by atoms with Gasteiger partial charge in [0.05, 0.1) is 0 Å². The Bertz CT molecular complexity index is 591. The summed E-state index contributed by atoms with van der Waals surface area (Å²) in [7, 11) is 0. The lowest BCUT2D eigenvalue weighted by Crippen LogP contribution is -2.45. The highest BCUT2D eigenvalue weighted by molar-refractivity contribution is 7.99. The third-order valence-electron chi connectivity index (χ3n) is 3.18. The van der Waals surface area contributed by atoms with Crippen LogP contribution in [-0.4, -0.2) is 11.3 Å². The van der Waals surface area contributed by atoms with E-state index in [9.17, 15) is 18.3 Å². The lowest BCUT2D eigenvalue weighted by molar-refractivity contribution is -0.250. The van der Waals surface area contributed by atoms with Crippen LogP contribution in [0.4, 0.5) is 13.2 Å². The lowest BCUT2D eigenvalue weighted by Gasteiger charge is -2.37. The molecule has 0 unspecified atom stereocenters. The monoisotopic (exact) mass is 282 g/mol. The van der Waals surface area contributed by atoms with Crippen LogP contribution in [0.1, 0.15) is 11.1 Å². The molecule has 0 bridgehead atoms. The molecule has 2 aromatic rings. The van der Waals surface area contributed by atoms with E-state index in [0.29, 0.717) is 9.79 Å². The highest BCUT2D eigenvalue weighted by Crippen LogP contribution is 2.54. The van der Waals surface area contributed by atoms with Crippen LogP contribution < -0.4 is 0 Å². The van der Waals surface area contributed by atoms with Gasteiger partial charge in [-0.05, 0) is 12.1 Å². The molecule has 0 amide bonds. The average Bonchev–Trinajstić information content (AvgIpc) is 2.38. The number of fused-ring (bicyclic) bond motifs is 2. The first-order valence-electron chi connectivity index (χ1n) is 5.60. The van der Waals surface area contributed by atoms with E-state index >= 15 is 0 Å². The molecule has 2 aromatic carbocycles. The molecule has 1 aliphatic heterocycles. The highest BCUT2D eigenvalue weighted by atomic mass is 32.2. The second-order valence-corrected chi connectivity index (χ2v) is 5.39. The molecule has 0 radical (unpaired) electrons. The average molecular weight is 282 g/mol. The minimum absolute atomic E-state index is 0.105. The molecule has 0 fully saturated rings. The van der Waals surface area contributed by atoms with Gasteiger partial charge in [-0.15, -0.1) is 0 Å². The quantitative estimate of drug-likeness (QED) is 0.789. The van der Waals surface area contributed by atoms with E-state index in [1.165, 1.54) is 36.0 Å². The summed E-state index contributed by atoms with van der Waals surface area (Å²) in [5, 5.41) is 10.4. The van der Waals surface area contributed by atoms with Crippen LogP contribution in [0.3, 0.4) is 0 Å². The summed E-state index contributed by atoms with van der Waals surface area (Å²) in [4.78, 5) is 0.863. The summed E-state index contributed by atoms with van der Waals surface area (Å²) < 4.78 is 40.3. The van der Waals surface area contributed by atoms with Gasteiger partial charge in [0.2, 0.25) is 5.60 Å². The number of hydrogen-bond donors (Lipinski definition) is 1. The van der Waals surface area contributed by atoms with Gasteiger partial charge in [0, 0.05) is 20.9 Å². The number of aliphatic hydroxyl groups is 1. The smallest absolute Gasteiger partial charge is 0.372 e. The van der Waals surface area contributed by atoms with Crippen molar-refractivity contribution in [2.24, 2.45) is 0 Å². The third-order valence-corrected chi connectivity index (χ3v) is 4.34. The highest BCUT2D eigenvalue weighted by Gasteiger charge is 2.59. The summed E-state index contributed by atoms with van der Waals surface area (Å²) >= 11 is 1.24. The maximum Gasteiger partial charge on any atom is 0.425 e. The maximum absolute atomic E-state index is 13.4. The fourth-order valence-corrected chi connectivity index (χ4v) is 3.46. The zero-order valence-corrected chi connectivity index (χ0v) is 10.4. The molecule has 0 aromatic heterocycles. The Morgan fingerprint density at radius 2 is 1.26 bits per heavy atom. The molecule has 98 valence electrons. The van der Waals surface area contributed by atoms with E-state index < -0.39 is 11.8 Å². The number of alkyl halides is 3. The van der Waals surface area contributed by atoms with E-state index in [0.717, 1.165) is 0 Å². The Morgan fingerprint density at radius 1 is 0.842 bits per heavy atom. The molecule has 0 spiro atoms. The summed E-state index contributed by atoms with van der Waals surface area (Å²) in [6.45, 7) is 0. The first-order valence-corrected chi connectivity index (χ1v) is 6.42. The van der Waals surface area contributed by atoms with Gasteiger partial charge in [-0.3, -0.25) is 0 Å². The lowest BCUT2D eigenvalue weighted by atomic mass is 9.85. The van der Waals surface area contributed by atoms with Crippen molar-refractivity contribution in [1.29, 1.82) is 0 Å². The van der Waals surface area contributed by atoms with Crippen LogP contribution in [0, 0.1) is 0 Å². The fraction of sp³-hybridized carbons (Fsp3) is 0.143. The Balaban J connectivity index is 2.35. The van der Waals surface area contributed by atoms with Gasteiger partial charge in [0.15, 0.2) is 0 Å². The fourth-order valence-electron chi connectivity index (χ4n) is 2.28. The van der Waals surface area contributed by atoms with Crippen molar-refractivity contribution < 1.29 is 18.3 Å². The molecule has 0 aliphatic carbocycles. The zero-order valence-electron chi connectivity index (χ0n) is 9.61. The standard InChI is InChI=1S/C14H9F3OS/c15-14(16,17)13(18)9-5-1-3-7-11(9)19-12-8-4-2-6-10(12)13/h1-8,18H. The Kier molecular flexibility index (Phi) is 2.66. The summed E-state index contributed by atoms with van der Waals surface area (Å²) in [6.07, 6.45) is -4.76. The van der Waals surface area contributed by atoms with Gasteiger partial charge in [0.1, 0.15) is 0 Å². The molecule has 0 atom stereocenters. The number of rotatable bonds is 0. The van der Waals surface area contributed by atoms with E-state index in [1.54, 1.807) is 24.3 Å². The van der Waals surface area contributed by atoms with E-state index in [1.807, 2.05) is 0 Å². The minimum Gasteiger partial charge on any atom is -0.372 e. The topological polar surface area (TPSA) is 20.2 Å². The second-order valence-electron chi connectivity index (χ2n) is 4.30. The van der Waals surface area contributed by atoms with Crippen molar-refractivity contribution in [3.05, 3.63) is 59.7 Å². The predicted molar refractivity (Wildman–Crippen MR) is 66.1 cm³/mol. The van der Waals surface area contributed by atoms with Gasteiger partial charge in [-0.2, -0.15) is 13.2 Å².